The number of benzene rings is 1. The van der Waals surface area contributed by atoms with Crippen LogP contribution in [-0.4, -0.2) is 17.1 Å². The second-order valence-corrected chi connectivity index (χ2v) is 5.74. The molecule has 0 aliphatic heterocycles. The summed E-state index contributed by atoms with van der Waals surface area (Å²) in [6.07, 6.45) is 2.21. The second kappa shape index (κ2) is 5.25. The van der Waals surface area contributed by atoms with E-state index in [-0.39, 0.29) is 5.56 Å². The molecule has 0 unspecified atom stereocenters. The van der Waals surface area contributed by atoms with Crippen molar-refractivity contribution < 1.29 is 14.3 Å². The zero-order chi connectivity index (χ0) is 14.1. The Morgan fingerprint density at radius 3 is 2.75 bits per heavy atom. The van der Waals surface area contributed by atoms with E-state index in [0.717, 1.165) is 25.1 Å². The summed E-state index contributed by atoms with van der Waals surface area (Å²) in [6, 6.07) is 6.86. The standard InChI is InChI=1S/C15H14FNO2S/c16-14-7-12(3-4-13(14)15(18)19)17(11-1-2-11)8-10-5-6-20-9-10/h3-7,9,11H,1-2,8H2,(H,18,19). The van der Waals surface area contributed by atoms with Crippen LogP contribution < -0.4 is 4.90 Å². The third-order valence-electron chi connectivity index (χ3n) is 3.44. The van der Waals surface area contributed by atoms with Crippen LogP contribution in [0.25, 0.3) is 0 Å². The average molecular weight is 291 g/mol. The monoisotopic (exact) mass is 291 g/mol. The highest BCUT2D eigenvalue weighted by Crippen LogP contribution is 2.34. The molecule has 0 bridgehead atoms. The van der Waals surface area contributed by atoms with Crippen molar-refractivity contribution in [1.29, 1.82) is 0 Å². The summed E-state index contributed by atoms with van der Waals surface area (Å²) in [5.74, 6) is -1.91. The van der Waals surface area contributed by atoms with Gasteiger partial charge in [0.15, 0.2) is 0 Å². The van der Waals surface area contributed by atoms with Gasteiger partial charge in [-0.1, -0.05) is 0 Å². The lowest BCUT2D eigenvalue weighted by Crippen LogP contribution is -2.25. The molecule has 1 fully saturated rings. The predicted molar refractivity (Wildman–Crippen MR) is 76.9 cm³/mol. The van der Waals surface area contributed by atoms with Gasteiger partial charge < -0.3 is 10.0 Å². The van der Waals surface area contributed by atoms with Crippen LogP contribution in [0.1, 0.15) is 28.8 Å². The third kappa shape index (κ3) is 2.67. The first-order valence-corrected chi connectivity index (χ1v) is 7.40. The molecule has 1 saturated carbocycles. The number of hydrogen-bond donors (Lipinski definition) is 1. The maximum absolute atomic E-state index is 13.8. The first-order chi connectivity index (χ1) is 9.65. The number of aromatic carboxylic acids is 1. The maximum atomic E-state index is 13.8. The molecule has 5 heteroatoms. The molecule has 0 amide bonds. The largest absolute Gasteiger partial charge is 0.478 e. The number of carboxylic acids is 1. The van der Waals surface area contributed by atoms with Gasteiger partial charge in [-0.25, -0.2) is 9.18 Å². The van der Waals surface area contributed by atoms with Gasteiger partial charge in [-0.3, -0.25) is 0 Å². The number of carboxylic acid groups (broad SMARTS) is 1. The van der Waals surface area contributed by atoms with E-state index in [1.807, 2.05) is 5.38 Å². The second-order valence-electron chi connectivity index (χ2n) is 4.96. The number of nitrogens with zero attached hydrogens (tertiary/aromatic N) is 1. The molecule has 0 spiro atoms. The van der Waals surface area contributed by atoms with Gasteiger partial charge in [0.2, 0.25) is 0 Å². The Morgan fingerprint density at radius 2 is 2.20 bits per heavy atom. The van der Waals surface area contributed by atoms with Gasteiger partial charge in [-0.2, -0.15) is 11.3 Å². The van der Waals surface area contributed by atoms with E-state index < -0.39 is 11.8 Å². The zero-order valence-corrected chi connectivity index (χ0v) is 11.6. The van der Waals surface area contributed by atoms with Crippen LogP contribution in [0.3, 0.4) is 0 Å². The Kier molecular flexibility index (Phi) is 3.44. The highest BCUT2D eigenvalue weighted by molar-refractivity contribution is 7.07. The summed E-state index contributed by atoms with van der Waals surface area (Å²) in [5, 5.41) is 13.0. The molecule has 3 nitrogen and oxygen atoms in total. The quantitative estimate of drug-likeness (QED) is 0.912. The molecule has 2 aromatic rings. The number of anilines is 1. The van der Waals surface area contributed by atoms with E-state index in [2.05, 4.69) is 16.3 Å². The smallest absolute Gasteiger partial charge is 0.338 e. The summed E-state index contributed by atoms with van der Waals surface area (Å²) >= 11 is 1.64. The molecular formula is C15H14FNO2S. The normalized spacial score (nSPS) is 14.2. The Balaban J connectivity index is 1.88. The van der Waals surface area contributed by atoms with Gasteiger partial charge in [0.25, 0.3) is 0 Å². The molecule has 0 radical (unpaired) electrons. The molecule has 3 rings (SSSR count). The molecule has 1 N–H and O–H groups in total. The molecule has 0 saturated heterocycles. The fourth-order valence-corrected chi connectivity index (χ4v) is 2.91. The molecule has 104 valence electrons. The lowest BCUT2D eigenvalue weighted by molar-refractivity contribution is 0.0692. The van der Waals surface area contributed by atoms with E-state index in [1.54, 1.807) is 17.4 Å². The van der Waals surface area contributed by atoms with Gasteiger partial charge in [0, 0.05) is 18.3 Å². The van der Waals surface area contributed by atoms with Gasteiger partial charge in [-0.15, -0.1) is 0 Å². The van der Waals surface area contributed by atoms with Crippen LogP contribution in [0.4, 0.5) is 10.1 Å². The lowest BCUT2D eigenvalue weighted by Gasteiger charge is -2.24. The van der Waals surface area contributed by atoms with Crippen molar-refractivity contribution in [3.63, 3.8) is 0 Å². The average Bonchev–Trinajstić information content (AvgIpc) is 3.12. The van der Waals surface area contributed by atoms with Crippen LogP contribution in [-0.2, 0) is 6.54 Å². The van der Waals surface area contributed by atoms with Crippen LogP contribution >= 0.6 is 11.3 Å². The molecule has 0 atom stereocenters. The van der Waals surface area contributed by atoms with Gasteiger partial charge in [0.1, 0.15) is 5.82 Å². The minimum Gasteiger partial charge on any atom is -0.478 e. The van der Waals surface area contributed by atoms with Crippen molar-refractivity contribution in [2.75, 3.05) is 4.90 Å². The van der Waals surface area contributed by atoms with E-state index in [0.29, 0.717) is 6.04 Å². The summed E-state index contributed by atoms with van der Waals surface area (Å²) in [6.45, 7) is 0.736. The summed E-state index contributed by atoms with van der Waals surface area (Å²) in [7, 11) is 0. The van der Waals surface area contributed by atoms with Crippen LogP contribution in [0.15, 0.2) is 35.0 Å². The Morgan fingerprint density at radius 1 is 1.40 bits per heavy atom. The van der Waals surface area contributed by atoms with E-state index in [1.165, 1.54) is 17.7 Å². The topological polar surface area (TPSA) is 40.5 Å². The number of carbonyl (C=O) groups is 1. The van der Waals surface area contributed by atoms with Crippen molar-refractivity contribution in [2.24, 2.45) is 0 Å². The Labute approximate surface area is 120 Å². The molecule has 1 aromatic heterocycles. The van der Waals surface area contributed by atoms with Gasteiger partial charge in [-0.05, 0) is 53.4 Å². The SMILES string of the molecule is O=C(O)c1ccc(N(Cc2ccsc2)C2CC2)cc1F. The number of rotatable bonds is 5. The molecule has 1 aliphatic rings. The van der Waals surface area contributed by atoms with Gasteiger partial charge >= 0.3 is 5.97 Å². The number of hydrogen-bond acceptors (Lipinski definition) is 3. The highest BCUT2D eigenvalue weighted by atomic mass is 32.1. The summed E-state index contributed by atoms with van der Waals surface area (Å²) in [4.78, 5) is 13.0. The minimum absolute atomic E-state index is 0.278. The molecule has 1 aromatic carbocycles. The predicted octanol–water partition coefficient (Wildman–Crippen LogP) is 3.75. The fourth-order valence-electron chi connectivity index (χ4n) is 2.25. The van der Waals surface area contributed by atoms with Crippen molar-refractivity contribution in [3.8, 4) is 0 Å². The van der Waals surface area contributed by atoms with Crippen molar-refractivity contribution in [3.05, 3.63) is 52.0 Å². The van der Waals surface area contributed by atoms with E-state index in [4.69, 9.17) is 5.11 Å². The van der Waals surface area contributed by atoms with Crippen molar-refractivity contribution >= 4 is 23.0 Å². The van der Waals surface area contributed by atoms with E-state index >= 15 is 0 Å². The van der Waals surface area contributed by atoms with Crippen LogP contribution in [0.2, 0.25) is 0 Å². The van der Waals surface area contributed by atoms with Crippen LogP contribution in [0.5, 0.6) is 0 Å². The zero-order valence-electron chi connectivity index (χ0n) is 10.8. The molecule has 1 aliphatic carbocycles. The minimum atomic E-state index is -1.23. The Bertz CT molecular complexity index is 623. The highest BCUT2D eigenvalue weighted by Gasteiger charge is 2.30. The Hall–Kier alpha value is -1.88. The number of halogens is 1. The fraction of sp³-hybridized carbons (Fsp3) is 0.267. The summed E-state index contributed by atoms with van der Waals surface area (Å²) in [5.41, 5.74) is 1.67. The third-order valence-corrected chi connectivity index (χ3v) is 4.17. The van der Waals surface area contributed by atoms with Crippen LogP contribution in [0, 0.1) is 5.82 Å². The molecule has 1 heterocycles. The van der Waals surface area contributed by atoms with Gasteiger partial charge in [0.05, 0.1) is 5.56 Å². The van der Waals surface area contributed by atoms with Crippen molar-refractivity contribution in [2.45, 2.75) is 25.4 Å². The summed E-state index contributed by atoms with van der Waals surface area (Å²) < 4.78 is 13.8. The molecular weight excluding hydrogens is 277 g/mol. The van der Waals surface area contributed by atoms with E-state index in [9.17, 15) is 9.18 Å². The first kappa shape index (κ1) is 13.1. The van der Waals surface area contributed by atoms with Crippen molar-refractivity contribution in [1.82, 2.24) is 0 Å². The maximum Gasteiger partial charge on any atom is 0.338 e. The lowest BCUT2D eigenvalue weighted by atomic mass is 10.1. The molecule has 20 heavy (non-hydrogen) atoms. The first-order valence-electron chi connectivity index (χ1n) is 6.45. The number of thiophene rings is 1.